The summed E-state index contributed by atoms with van der Waals surface area (Å²) in [6.45, 7) is 3.17. The lowest BCUT2D eigenvalue weighted by molar-refractivity contribution is -0.134. The molecule has 2 aromatic carbocycles. The Kier molecular flexibility index (Phi) is 6.31. The summed E-state index contributed by atoms with van der Waals surface area (Å²) < 4.78 is 48.1. The third-order valence-electron chi connectivity index (χ3n) is 5.78. The van der Waals surface area contributed by atoms with Crippen molar-refractivity contribution in [3.8, 4) is 0 Å². The summed E-state index contributed by atoms with van der Waals surface area (Å²) in [6, 6.07) is 7.90. The molecule has 0 bridgehead atoms. The number of halogens is 3. The summed E-state index contributed by atoms with van der Waals surface area (Å²) in [5.41, 5.74) is 0.798. The van der Waals surface area contributed by atoms with Crippen LogP contribution in [0.2, 0.25) is 0 Å². The van der Waals surface area contributed by atoms with Crippen molar-refractivity contribution >= 4 is 11.7 Å². The largest absolute Gasteiger partial charge is 0.424 e. The maximum atomic E-state index is 14.8. The zero-order valence-electron chi connectivity index (χ0n) is 18.1. The first-order valence-corrected chi connectivity index (χ1v) is 10.5. The number of aromatic nitrogens is 2. The summed E-state index contributed by atoms with van der Waals surface area (Å²) in [7, 11) is 0. The summed E-state index contributed by atoms with van der Waals surface area (Å²) in [5.74, 6) is -3.91. The molecule has 2 heterocycles. The van der Waals surface area contributed by atoms with Gasteiger partial charge in [-0.1, -0.05) is 12.1 Å². The SMILES string of the molecule is Cc1cc(F)c([C@@H]2CN(Cc3nnc(C)o3)C(=O)[C@H]2CC(=O)Cc2ccc(F)cc2)c(F)c1. The van der Waals surface area contributed by atoms with Gasteiger partial charge in [-0.2, -0.15) is 0 Å². The molecule has 33 heavy (non-hydrogen) atoms. The van der Waals surface area contributed by atoms with Crippen LogP contribution >= 0.6 is 0 Å². The Morgan fingerprint density at radius 3 is 2.36 bits per heavy atom. The smallest absolute Gasteiger partial charge is 0.235 e. The van der Waals surface area contributed by atoms with Crippen LogP contribution in [-0.2, 0) is 22.6 Å². The zero-order chi connectivity index (χ0) is 23.7. The lowest BCUT2D eigenvalue weighted by atomic mass is 9.83. The summed E-state index contributed by atoms with van der Waals surface area (Å²) in [6.07, 6.45) is -0.217. The standard InChI is InChI=1S/C24H22F3N3O3/c1-13-7-20(26)23(21(27)8-13)19-11-30(12-22-29-28-14(2)33-22)24(32)18(19)10-17(31)9-15-3-5-16(25)6-4-15/h3-8,18-19H,9-12H2,1-2H3/t18-,19+/m0/s1. The van der Waals surface area contributed by atoms with E-state index < -0.39 is 35.2 Å². The van der Waals surface area contributed by atoms with Crippen molar-refractivity contribution in [1.82, 2.24) is 15.1 Å². The maximum absolute atomic E-state index is 14.8. The van der Waals surface area contributed by atoms with Crippen LogP contribution in [0.25, 0.3) is 0 Å². The number of carbonyl (C=O) groups is 2. The Bertz CT molecular complexity index is 1170. The van der Waals surface area contributed by atoms with Crippen LogP contribution in [-0.4, -0.2) is 33.3 Å². The van der Waals surface area contributed by atoms with Crippen LogP contribution in [0, 0.1) is 37.2 Å². The number of benzene rings is 2. The molecule has 9 heteroatoms. The molecule has 6 nitrogen and oxygen atoms in total. The molecule has 1 aliphatic heterocycles. The Morgan fingerprint density at radius 1 is 1.09 bits per heavy atom. The number of nitrogens with zero attached hydrogens (tertiary/aromatic N) is 3. The lowest BCUT2D eigenvalue weighted by Gasteiger charge is -2.18. The average molecular weight is 457 g/mol. The number of hydrogen-bond acceptors (Lipinski definition) is 5. The number of amides is 1. The van der Waals surface area contributed by atoms with Crippen molar-refractivity contribution in [2.75, 3.05) is 6.54 Å². The van der Waals surface area contributed by atoms with Crippen molar-refractivity contribution < 1.29 is 27.2 Å². The summed E-state index contributed by atoms with van der Waals surface area (Å²) in [4.78, 5) is 27.4. The van der Waals surface area contributed by atoms with E-state index >= 15 is 0 Å². The van der Waals surface area contributed by atoms with E-state index in [4.69, 9.17) is 4.42 Å². The highest BCUT2D eigenvalue weighted by molar-refractivity contribution is 5.90. The number of rotatable bonds is 7. The minimum absolute atomic E-state index is 0.00561. The van der Waals surface area contributed by atoms with E-state index in [1.165, 1.54) is 41.3 Å². The minimum atomic E-state index is -0.950. The predicted octanol–water partition coefficient (Wildman–Crippen LogP) is 4.05. The second kappa shape index (κ2) is 9.17. The molecule has 0 aliphatic carbocycles. The Labute approximate surface area is 188 Å². The van der Waals surface area contributed by atoms with Crippen molar-refractivity contribution in [1.29, 1.82) is 0 Å². The van der Waals surface area contributed by atoms with Gasteiger partial charge in [0.15, 0.2) is 0 Å². The number of carbonyl (C=O) groups excluding carboxylic acids is 2. The van der Waals surface area contributed by atoms with Gasteiger partial charge in [0.25, 0.3) is 0 Å². The molecule has 1 aliphatic rings. The molecular weight excluding hydrogens is 435 g/mol. The van der Waals surface area contributed by atoms with Crippen molar-refractivity contribution in [2.45, 2.75) is 39.2 Å². The van der Waals surface area contributed by atoms with Crippen LogP contribution in [0.5, 0.6) is 0 Å². The highest BCUT2D eigenvalue weighted by Crippen LogP contribution is 2.39. The van der Waals surface area contributed by atoms with E-state index in [0.717, 1.165) is 0 Å². The van der Waals surface area contributed by atoms with E-state index in [2.05, 4.69) is 10.2 Å². The van der Waals surface area contributed by atoms with Crippen LogP contribution in [0.3, 0.4) is 0 Å². The van der Waals surface area contributed by atoms with E-state index in [1.807, 2.05) is 0 Å². The first-order valence-electron chi connectivity index (χ1n) is 10.5. The van der Waals surface area contributed by atoms with Gasteiger partial charge in [-0.05, 0) is 42.3 Å². The van der Waals surface area contributed by atoms with Gasteiger partial charge in [-0.3, -0.25) is 9.59 Å². The normalized spacial score (nSPS) is 18.2. The van der Waals surface area contributed by atoms with Gasteiger partial charge < -0.3 is 9.32 Å². The van der Waals surface area contributed by atoms with E-state index in [-0.39, 0.29) is 43.2 Å². The van der Waals surface area contributed by atoms with Crippen LogP contribution in [0.1, 0.15) is 40.8 Å². The fourth-order valence-corrected chi connectivity index (χ4v) is 4.30. The number of hydrogen-bond donors (Lipinski definition) is 0. The topological polar surface area (TPSA) is 76.3 Å². The molecule has 1 aromatic heterocycles. The van der Waals surface area contributed by atoms with Gasteiger partial charge in [0.05, 0.1) is 12.5 Å². The molecular formula is C24H22F3N3O3. The third kappa shape index (κ3) is 4.97. The molecule has 2 atom stereocenters. The highest BCUT2D eigenvalue weighted by Gasteiger charge is 2.44. The first kappa shape index (κ1) is 22.7. The molecule has 0 radical (unpaired) electrons. The molecule has 4 rings (SSSR count). The molecule has 172 valence electrons. The van der Waals surface area contributed by atoms with Crippen molar-refractivity contribution in [2.24, 2.45) is 5.92 Å². The molecule has 0 spiro atoms. The first-order chi connectivity index (χ1) is 15.7. The minimum Gasteiger partial charge on any atom is -0.424 e. The second-order valence-corrected chi connectivity index (χ2v) is 8.33. The zero-order valence-corrected chi connectivity index (χ0v) is 18.1. The average Bonchev–Trinajstić information content (AvgIpc) is 3.27. The maximum Gasteiger partial charge on any atom is 0.235 e. The quantitative estimate of drug-likeness (QED) is 0.535. The molecule has 3 aromatic rings. The molecule has 1 amide bonds. The van der Waals surface area contributed by atoms with Crippen LogP contribution in [0.15, 0.2) is 40.8 Å². The fraction of sp³-hybridized carbons (Fsp3) is 0.333. The predicted molar refractivity (Wildman–Crippen MR) is 112 cm³/mol. The van der Waals surface area contributed by atoms with Crippen molar-refractivity contribution in [3.63, 3.8) is 0 Å². The Morgan fingerprint density at radius 2 is 1.76 bits per heavy atom. The Hall–Kier alpha value is -3.49. The van der Waals surface area contributed by atoms with Gasteiger partial charge in [0.2, 0.25) is 17.7 Å². The van der Waals surface area contributed by atoms with E-state index in [1.54, 1.807) is 13.8 Å². The van der Waals surface area contributed by atoms with Gasteiger partial charge in [0.1, 0.15) is 23.2 Å². The summed E-state index contributed by atoms with van der Waals surface area (Å²) in [5, 5.41) is 7.61. The van der Waals surface area contributed by atoms with Gasteiger partial charge in [-0.15, -0.1) is 10.2 Å². The van der Waals surface area contributed by atoms with Gasteiger partial charge in [-0.25, -0.2) is 13.2 Å². The second-order valence-electron chi connectivity index (χ2n) is 8.33. The van der Waals surface area contributed by atoms with E-state index in [9.17, 15) is 22.8 Å². The molecule has 1 fully saturated rings. The van der Waals surface area contributed by atoms with Gasteiger partial charge in [0, 0.05) is 37.8 Å². The summed E-state index contributed by atoms with van der Waals surface area (Å²) >= 11 is 0. The van der Waals surface area contributed by atoms with Crippen LogP contribution < -0.4 is 0 Å². The number of likely N-dealkylation sites (tertiary alicyclic amines) is 1. The van der Waals surface area contributed by atoms with Crippen molar-refractivity contribution in [3.05, 3.63) is 82.3 Å². The molecule has 0 saturated carbocycles. The van der Waals surface area contributed by atoms with Crippen LogP contribution in [0.4, 0.5) is 13.2 Å². The fourth-order valence-electron chi connectivity index (χ4n) is 4.30. The number of ketones is 1. The molecule has 0 unspecified atom stereocenters. The third-order valence-corrected chi connectivity index (χ3v) is 5.78. The monoisotopic (exact) mass is 457 g/mol. The highest BCUT2D eigenvalue weighted by atomic mass is 19.1. The molecule has 1 saturated heterocycles. The number of Topliss-reactive ketones (excluding diaryl/α,β-unsaturated/α-hetero) is 1. The van der Waals surface area contributed by atoms with E-state index in [0.29, 0.717) is 17.0 Å². The Balaban J connectivity index is 1.60. The lowest BCUT2D eigenvalue weighted by Crippen LogP contribution is -2.28. The number of aryl methyl sites for hydroxylation is 2. The van der Waals surface area contributed by atoms with Gasteiger partial charge >= 0.3 is 0 Å². The molecule has 0 N–H and O–H groups in total.